The summed E-state index contributed by atoms with van der Waals surface area (Å²) in [5, 5.41) is 20.4. The van der Waals surface area contributed by atoms with Gasteiger partial charge in [-0.3, -0.25) is 0 Å². The van der Waals surface area contributed by atoms with Gasteiger partial charge in [-0.1, -0.05) is 62.7 Å². The molecular formula is C28H34N2O5. The number of rotatable bonds is 11. The zero-order valence-corrected chi connectivity index (χ0v) is 20.9. The highest BCUT2D eigenvalue weighted by Gasteiger charge is 2.31. The van der Waals surface area contributed by atoms with Gasteiger partial charge in [0.25, 0.3) is 0 Å². The maximum atomic E-state index is 12.6. The second kappa shape index (κ2) is 11.3. The molecule has 7 nitrogen and oxygen atoms in total. The molecule has 35 heavy (non-hydrogen) atoms. The van der Waals surface area contributed by atoms with E-state index in [1.165, 1.54) is 0 Å². The fraction of sp³-hybridized carbons (Fsp3) is 0.393. The average molecular weight is 479 g/mol. The monoisotopic (exact) mass is 478 g/mol. The highest BCUT2D eigenvalue weighted by Crippen LogP contribution is 2.28. The number of carboxylic acid groups (broad SMARTS) is 1. The Morgan fingerprint density at radius 2 is 1.71 bits per heavy atom. The Morgan fingerprint density at radius 3 is 2.31 bits per heavy atom. The second-order valence-corrected chi connectivity index (χ2v) is 9.16. The molecule has 3 rings (SSSR count). The average Bonchev–Trinajstić information content (AvgIpc) is 3.19. The number of aromatic carboxylic acids is 1. The molecule has 0 saturated carbocycles. The number of aryl methyl sites for hydroxylation is 1. The SMILES string of the molecule is CCCCOC(=O)c1ccccc1-c1ccc(Cn2c(CCC)nc(C(C)(C)O)c2C(=O)O)cc1. The fourth-order valence-electron chi connectivity index (χ4n) is 4.00. The van der Waals surface area contributed by atoms with Crippen LogP contribution in [0.2, 0.25) is 0 Å². The number of aromatic nitrogens is 2. The van der Waals surface area contributed by atoms with Gasteiger partial charge in [0, 0.05) is 13.0 Å². The van der Waals surface area contributed by atoms with Crippen LogP contribution in [0.5, 0.6) is 0 Å². The first kappa shape index (κ1) is 26.2. The van der Waals surface area contributed by atoms with E-state index in [0.717, 1.165) is 36.0 Å². The predicted octanol–water partition coefficient (Wildman–Crippen LogP) is 5.43. The smallest absolute Gasteiger partial charge is 0.354 e. The Hall–Kier alpha value is -3.45. The molecule has 0 aliphatic carbocycles. The molecule has 0 bridgehead atoms. The van der Waals surface area contributed by atoms with E-state index in [1.807, 2.05) is 56.3 Å². The molecule has 2 aromatic carbocycles. The standard InChI is InChI=1S/C28H34N2O5/c1-5-7-17-35-27(33)22-12-9-8-11-21(22)20-15-13-19(14-16-20)18-30-23(10-6-2)29-25(28(3,4)34)24(30)26(31)32/h8-9,11-16,34H,5-7,10,17-18H2,1-4H3,(H,31,32). The zero-order chi connectivity index (χ0) is 25.6. The van der Waals surface area contributed by atoms with Crippen molar-refractivity contribution in [3.05, 3.63) is 76.9 Å². The van der Waals surface area contributed by atoms with Crippen LogP contribution in [-0.2, 0) is 23.3 Å². The van der Waals surface area contributed by atoms with E-state index in [1.54, 1.807) is 24.5 Å². The Kier molecular flexibility index (Phi) is 8.46. The third-order valence-electron chi connectivity index (χ3n) is 5.79. The Bertz CT molecular complexity index is 1170. The van der Waals surface area contributed by atoms with Gasteiger partial charge in [-0.05, 0) is 49.4 Å². The van der Waals surface area contributed by atoms with Crippen molar-refractivity contribution in [1.29, 1.82) is 0 Å². The number of carboxylic acids is 1. The summed E-state index contributed by atoms with van der Waals surface area (Å²) >= 11 is 0. The number of carbonyl (C=O) groups excluding carboxylic acids is 1. The Labute approximate surface area is 206 Å². The van der Waals surface area contributed by atoms with Crippen LogP contribution in [0, 0.1) is 0 Å². The van der Waals surface area contributed by atoms with Crippen molar-refractivity contribution < 1.29 is 24.5 Å². The normalized spacial score (nSPS) is 11.5. The van der Waals surface area contributed by atoms with E-state index >= 15 is 0 Å². The van der Waals surface area contributed by atoms with Crippen molar-refractivity contribution in [3.8, 4) is 11.1 Å². The van der Waals surface area contributed by atoms with Gasteiger partial charge in [-0.2, -0.15) is 0 Å². The number of nitrogens with zero attached hydrogens (tertiary/aromatic N) is 2. The molecule has 0 aliphatic heterocycles. The van der Waals surface area contributed by atoms with E-state index in [4.69, 9.17) is 4.74 Å². The number of hydrogen-bond donors (Lipinski definition) is 2. The Morgan fingerprint density at radius 1 is 1.03 bits per heavy atom. The van der Waals surface area contributed by atoms with E-state index in [-0.39, 0.29) is 17.4 Å². The highest BCUT2D eigenvalue weighted by molar-refractivity contribution is 5.97. The Balaban J connectivity index is 1.93. The number of unbranched alkanes of at least 4 members (excludes halogenated alkanes) is 1. The van der Waals surface area contributed by atoms with E-state index in [9.17, 15) is 19.8 Å². The third kappa shape index (κ3) is 6.17. The topological polar surface area (TPSA) is 102 Å². The lowest BCUT2D eigenvalue weighted by Gasteiger charge is -2.16. The molecule has 0 unspecified atom stereocenters. The van der Waals surface area contributed by atoms with Crippen LogP contribution in [0.1, 0.15) is 84.9 Å². The predicted molar refractivity (Wildman–Crippen MR) is 135 cm³/mol. The van der Waals surface area contributed by atoms with Crippen molar-refractivity contribution >= 4 is 11.9 Å². The molecule has 7 heteroatoms. The largest absolute Gasteiger partial charge is 0.477 e. The minimum Gasteiger partial charge on any atom is -0.477 e. The molecule has 0 radical (unpaired) electrons. The minimum absolute atomic E-state index is 0.00481. The van der Waals surface area contributed by atoms with E-state index in [2.05, 4.69) is 4.98 Å². The van der Waals surface area contributed by atoms with Gasteiger partial charge >= 0.3 is 11.9 Å². The number of esters is 1. The summed E-state index contributed by atoms with van der Waals surface area (Å²) in [4.78, 5) is 29.2. The first-order chi connectivity index (χ1) is 16.7. The molecule has 1 heterocycles. The summed E-state index contributed by atoms with van der Waals surface area (Å²) in [5.41, 5.74) is 1.85. The lowest BCUT2D eigenvalue weighted by molar-refractivity contribution is 0.0500. The van der Waals surface area contributed by atoms with Gasteiger partial charge in [-0.25, -0.2) is 14.6 Å². The summed E-state index contributed by atoms with van der Waals surface area (Å²) in [6, 6.07) is 15.0. The van der Waals surface area contributed by atoms with Gasteiger partial charge in [0.15, 0.2) is 5.69 Å². The third-order valence-corrected chi connectivity index (χ3v) is 5.79. The molecule has 0 atom stereocenters. The summed E-state index contributed by atoms with van der Waals surface area (Å²) in [6.45, 7) is 7.84. The zero-order valence-electron chi connectivity index (χ0n) is 20.9. The van der Waals surface area contributed by atoms with Crippen LogP contribution in [-0.4, -0.2) is 38.3 Å². The van der Waals surface area contributed by atoms with Gasteiger partial charge in [0.2, 0.25) is 0 Å². The van der Waals surface area contributed by atoms with Crippen LogP contribution < -0.4 is 0 Å². The van der Waals surface area contributed by atoms with Crippen LogP contribution in [0.25, 0.3) is 11.1 Å². The van der Waals surface area contributed by atoms with Crippen LogP contribution in [0.15, 0.2) is 48.5 Å². The first-order valence-corrected chi connectivity index (χ1v) is 12.1. The van der Waals surface area contributed by atoms with Crippen LogP contribution in [0.3, 0.4) is 0 Å². The van der Waals surface area contributed by atoms with Gasteiger partial charge in [0.05, 0.1) is 12.2 Å². The van der Waals surface area contributed by atoms with Crippen LogP contribution in [0.4, 0.5) is 0 Å². The number of hydrogen-bond acceptors (Lipinski definition) is 5. The summed E-state index contributed by atoms with van der Waals surface area (Å²) < 4.78 is 7.08. The maximum Gasteiger partial charge on any atom is 0.354 e. The number of carbonyl (C=O) groups is 2. The maximum absolute atomic E-state index is 12.6. The second-order valence-electron chi connectivity index (χ2n) is 9.16. The summed E-state index contributed by atoms with van der Waals surface area (Å²) in [6.07, 6.45) is 3.17. The van der Waals surface area contributed by atoms with Gasteiger partial charge < -0.3 is 19.5 Å². The summed E-state index contributed by atoms with van der Waals surface area (Å²) in [7, 11) is 0. The van der Waals surface area contributed by atoms with Crippen LogP contribution >= 0.6 is 0 Å². The number of ether oxygens (including phenoxy) is 1. The van der Waals surface area contributed by atoms with E-state index < -0.39 is 11.6 Å². The van der Waals surface area contributed by atoms with Crippen molar-refractivity contribution in [2.24, 2.45) is 0 Å². The molecule has 2 N–H and O–H groups in total. The molecule has 0 saturated heterocycles. The molecule has 0 spiro atoms. The lowest BCUT2D eigenvalue weighted by Crippen LogP contribution is -2.22. The molecule has 0 amide bonds. The quantitative estimate of drug-likeness (QED) is 0.281. The minimum atomic E-state index is -1.37. The molecule has 3 aromatic rings. The highest BCUT2D eigenvalue weighted by atomic mass is 16.5. The molecule has 1 aromatic heterocycles. The molecule has 0 fully saturated rings. The van der Waals surface area contributed by atoms with Crippen molar-refractivity contribution in [2.75, 3.05) is 6.61 Å². The fourth-order valence-corrected chi connectivity index (χ4v) is 4.00. The van der Waals surface area contributed by atoms with Gasteiger partial charge in [-0.15, -0.1) is 0 Å². The van der Waals surface area contributed by atoms with Gasteiger partial charge in [0.1, 0.15) is 17.1 Å². The summed E-state index contributed by atoms with van der Waals surface area (Å²) in [5.74, 6) is -0.832. The molecule has 0 aliphatic rings. The van der Waals surface area contributed by atoms with Crippen molar-refractivity contribution in [1.82, 2.24) is 9.55 Å². The van der Waals surface area contributed by atoms with Crippen molar-refractivity contribution in [3.63, 3.8) is 0 Å². The number of imidazole rings is 1. The number of benzene rings is 2. The number of aliphatic hydroxyl groups is 1. The molecular weight excluding hydrogens is 444 g/mol. The lowest BCUT2D eigenvalue weighted by atomic mass is 9.98. The van der Waals surface area contributed by atoms with E-state index in [0.29, 0.717) is 31.0 Å². The first-order valence-electron chi connectivity index (χ1n) is 12.1. The molecule has 186 valence electrons. The van der Waals surface area contributed by atoms with Crippen molar-refractivity contribution in [2.45, 2.75) is 65.5 Å².